The number of likely N-dealkylation sites (N-methyl/N-ethyl adjacent to an activating group) is 1. The number of aliphatic hydroxyl groups is 1. The van der Waals surface area contributed by atoms with Crippen LogP contribution in [-0.2, 0) is 25.6 Å². The highest BCUT2D eigenvalue weighted by molar-refractivity contribution is 6.32. The van der Waals surface area contributed by atoms with Gasteiger partial charge in [-0.05, 0) is 56.0 Å². The molecule has 6 atom stereocenters. The van der Waals surface area contributed by atoms with E-state index >= 15 is 0 Å². The van der Waals surface area contributed by atoms with Gasteiger partial charge in [-0.1, -0.05) is 19.9 Å². The lowest BCUT2D eigenvalue weighted by Gasteiger charge is -2.52. The lowest BCUT2D eigenvalue weighted by molar-refractivity contribution is -0.181. The predicted octanol–water partition coefficient (Wildman–Crippen LogP) is -0.00960. The zero-order valence-corrected chi connectivity index (χ0v) is 19.0. The molecular weight excluding hydrogens is 428 g/mol. The molecule has 0 radical (unpaired) electrons. The van der Waals surface area contributed by atoms with E-state index in [9.17, 15) is 34.2 Å². The van der Waals surface area contributed by atoms with Crippen LogP contribution in [0.4, 0.5) is 0 Å². The summed E-state index contributed by atoms with van der Waals surface area (Å²) >= 11 is 0. The maximum Gasteiger partial charge on any atom is 0.235 e. The number of phenols is 1. The molecule has 3 aliphatic rings. The van der Waals surface area contributed by atoms with Gasteiger partial charge in [-0.15, -0.1) is 0 Å². The Morgan fingerprint density at radius 2 is 1.79 bits per heavy atom. The van der Waals surface area contributed by atoms with Crippen LogP contribution in [0.1, 0.15) is 47.7 Å². The molecule has 2 saturated carbocycles. The molecule has 1 aromatic rings. The summed E-state index contributed by atoms with van der Waals surface area (Å²) in [7, 11) is 3.12. The van der Waals surface area contributed by atoms with Crippen LogP contribution in [0.5, 0.6) is 5.75 Å². The van der Waals surface area contributed by atoms with Crippen molar-refractivity contribution in [2.24, 2.45) is 29.4 Å². The van der Waals surface area contributed by atoms with Gasteiger partial charge in [0.1, 0.15) is 5.75 Å². The summed E-state index contributed by atoms with van der Waals surface area (Å²) in [6.07, 6.45) is 0.338. The van der Waals surface area contributed by atoms with Crippen molar-refractivity contribution in [2.75, 3.05) is 14.1 Å². The number of aromatic hydroxyl groups is 1. The van der Waals surface area contributed by atoms with Crippen molar-refractivity contribution in [3.05, 3.63) is 28.8 Å². The molecule has 9 nitrogen and oxygen atoms in total. The number of hydrogen-bond acceptors (Lipinski definition) is 8. The first kappa shape index (κ1) is 23.3. The Kier molecular flexibility index (Phi) is 5.33. The molecule has 4 N–H and O–H groups in total. The van der Waals surface area contributed by atoms with Crippen molar-refractivity contribution < 1.29 is 34.2 Å². The minimum absolute atomic E-state index is 0.0350. The quantitative estimate of drug-likeness (QED) is 0.537. The van der Waals surface area contributed by atoms with Crippen molar-refractivity contribution in [2.45, 2.75) is 44.2 Å². The predicted molar refractivity (Wildman–Crippen MR) is 115 cm³/mol. The molecule has 9 heteroatoms. The number of fused-ring (bicyclic) bond motifs is 3. The molecule has 0 saturated heterocycles. The smallest absolute Gasteiger partial charge is 0.235 e. The largest absolute Gasteiger partial charge is 0.507 e. The number of hydrogen-bond donors (Lipinski definition) is 3. The van der Waals surface area contributed by atoms with Crippen molar-refractivity contribution in [3.63, 3.8) is 0 Å². The molecule has 0 aliphatic heterocycles. The average molecular weight is 456 g/mol. The van der Waals surface area contributed by atoms with E-state index in [-0.39, 0.29) is 30.1 Å². The van der Waals surface area contributed by atoms with Gasteiger partial charge in [0.15, 0.2) is 34.7 Å². The number of nitrogens with two attached hydrogens (primary N) is 1. The van der Waals surface area contributed by atoms with Crippen LogP contribution in [0.25, 0.3) is 0 Å². The zero-order valence-electron chi connectivity index (χ0n) is 19.0. The Morgan fingerprint density at radius 1 is 1.15 bits per heavy atom. The molecule has 0 bridgehead atoms. The van der Waals surface area contributed by atoms with Gasteiger partial charge in [0, 0.05) is 5.92 Å². The molecule has 0 heterocycles. The number of primary amides is 1. The first-order chi connectivity index (χ1) is 15.3. The monoisotopic (exact) mass is 456 g/mol. The van der Waals surface area contributed by atoms with Gasteiger partial charge in [-0.25, -0.2) is 0 Å². The van der Waals surface area contributed by atoms with Crippen LogP contribution in [0, 0.1) is 23.7 Å². The number of ketones is 4. The topological polar surface area (TPSA) is 155 Å². The summed E-state index contributed by atoms with van der Waals surface area (Å²) in [6.45, 7) is 3.91. The van der Waals surface area contributed by atoms with E-state index in [2.05, 4.69) is 0 Å². The van der Waals surface area contributed by atoms with Crippen molar-refractivity contribution in [1.82, 2.24) is 4.90 Å². The highest BCUT2D eigenvalue weighted by Crippen LogP contribution is 2.51. The van der Waals surface area contributed by atoms with E-state index in [0.29, 0.717) is 5.56 Å². The normalized spacial score (nSPS) is 33.7. The molecule has 2 unspecified atom stereocenters. The molecular formula is C24H28N2O7. The van der Waals surface area contributed by atoms with Gasteiger partial charge in [0.25, 0.3) is 0 Å². The first-order valence-corrected chi connectivity index (χ1v) is 11.0. The van der Waals surface area contributed by atoms with E-state index in [1.165, 1.54) is 11.0 Å². The molecule has 2 fully saturated rings. The number of amides is 1. The number of nitrogens with zero attached hydrogens (tertiary/aromatic N) is 1. The second kappa shape index (κ2) is 7.56. The second-order valence-corrected chi connectivity index (χ2v) is 9.97. The molecule has 0 aromatic heterocycles. The van der Waals surface area contributed by atoms with Gasteiger partial charge in [-0.3, -0.25) is 28.9 Å². The fourth-order valence-electron chi connectivity index (χ4n) is 6.17. The first-order valence-electron chi connectivity index (χ1n) is 11.0. The second-order valence-electron chi connectivity index (χ2n) is 9.97. The lowest BCUT2D eigenvalue weighted by Crippen LogP contribution is -2.74. The van der Waals surface area contributed by atoms with Crippen LogP contribution in [0.15, 0.2) is 12.1 Å². The standard InChI is InChI=1S/C24H28N2O7/c1-9(2)11-5-6-14(27)16-12(11)7-10-8-13-18(26(3)4)20(29)17(23(25)32)22(31)24(13,33)21(30)15(10)19(16)28/h5-6,9-10,13,15,17-18,27,33H,7-8H2,1-4H3,(H2,25,32)/t10-,13-,15?,17?,18-,24-/m0/s1. The van der Waals surface area contributed by atoms with E-state index in [1.54, 1.807) is 20.2 Å². The zero-order chi connectivity index (χ0) is 24.6. The summed E-state index contributed by atoms with van der Waals surface area (Å²) in [4.78, 5) is 66.8. The Hall–Kier alpha value is -2.91. The summed E-state index contributed by atoms with van der Waals surface area (Å²) in [6, 6.07) is 2.06. The van der Waals surface area contributed by atoms with Crippen LogP contribution in [0.2, 0.25) is 0 Å². The van der Waals surface area contributed by atoms with E-state index < -0.39 is 64.4 Å². The van der Waals surface area contributed by atoms with E-state index in [4.69, 9.17) is 5.73 Å². The molecule has 0 spiro atoms. The molecule has 176 valence electrons. The van der Waals surface area contributed by atoms with E-state index in [1.807, 2.05) is 13.8 Å². The number of carbonyl (C=O) groups is 5. The minimum Gasteiger partial charge on any atom is -0.507 e. The molecule has 1 aromatic carbocycles. The summed E-state index contributed by atoms with van der Waals surface area (Å²) in [5.41, 5.74) is 4.17. The fraction of sp³-hybridized carbons (Fsp3) is 0.542. The number of rotatable bonds is 3. The van der Waals surface area contributed by atoms with Gasteiger partial charge >= 0.3 is 0 Å². The summed E-state index contributed by atoms with van der Waals surface area (Å²) in [5, 5.41) is 21.9. The third-order valence-corrected chi connectivity index (χ3v) is 7.60. The Labute approximate surface area is 190 Å². The number of Topliss-reactive ketones (excluding diaryl/α,β-unsaturated/α-hetero) is 4. The van der Waals surface area contributed by atoms with Crippen molar-refractivity contribution in [3.8, 4) is 5.75 Å². The van der Waals surface area contributed by atoms with Gasteiger partial charge in [0.2, 0.25) is 5.91 Å². The van der Waals surface area contributed by atoms with Crippen LogP contribution in [0.3, 0.4) is 0 Å². The number of carbonyl (C=O) groups excluding carboxylic acids is 5. The SMILES string of the molecule is CC(C)c1ccc(O)c2c1C[C@H]1C[C@H]3[C@H](N(C)C)C(=O)C(C(N)=O)C(=O)[C@@]3(O)C(=O)C1C2=O. The number of benzene rings is 1. The maximum absolute atomic E-state index is 13.7. The van der Waals surface area contributed by atoms with Gasteiger partial charge < -0.3 is 15.9 Å². The van der Waals surface area contributed by atoms with Gasteiger partial charge in [0.05, 0.1) is 17.5 Å². The highest BCUT2D eigenvalue weighted by Gasteiger charge is 2.69. The third kappa shape index (κ3) is 3.02. The average Bonchev–Trinajstić information content (AvgIpc) is 2.70. The van der Waals surface area contributed by atoms with Gasteiger partial charge in [-0.2, -0.15) is 0 Å². The van der Waals surface area contributed by atoms with Crippen LogP contribution < -0.4 is 5.73 Å². The Morgan fingerprint density at radius 3 is 2.33 bits per heavy atom. The fourth-order valence-corrected chi connectivity index (χ4v) is 6.17. The summed E-state index contributed by atoms with van der Waals surface area (Å²) < 4.78 is 0. The Balaban J connectivity index is 1.89. The third-order valence-electron chi connectivity index (χ3n) is 7.60. The van der Waals surface area contributed by atoms with Crippen LogP contribution in [-0.4, -0.2) is 69.9 Å². The highest BCUT2D eigenvalue weighted by atomic mass is 16.3. The maximum atomic E-state index is 13.7. The minimum atomic E-state index is -2.69. The molecule has 4 rings (SSSR count). The lowest BCUT2D eigenvalue weighted by atomic mass is 9.52. The molecule has 3 aliphatic carbocycles. The summed E-state index contributed by atoms with van der Waals surface area (Å²) in [5.74, 6) is -10.1. The van der Waals surface area contributed by atoms with Crippen LogP contribution >= 0.6 is 0 Å². The Bertz CT molecular complexity index is 1110. The van der Waals surface area contributed by atoms with Crippen molar-refractivity contribution >= 4 is 29.0 Å². The number of phenolic OH excluding ortho intramolecular Hbond substituents is 1. The molecule has 1 amide bonds. The van der Waals surface area contributed by atoms with E-state index in [0.717, 1.165) is 5.56 Å². The molecule has 33 heavy (non-hydrogen) atoms. The van der Waals surface area contributed by atoms with Crippen molar-refractivity contribution in [1.29, 1.82) is 0 Å².